The minimum atomic E-state index is -3.67. The second kappa shape index (κ2) is 16.3. The first kappa shape index (κ1) is 39.1. The molecular formula is C51H40O6S2. The van der Waals surface area contributed by atoms with Crippen LogP contribution in [0.3, 0.4) is 0 Å². The van der Waals surface area contributed by atoms with Crippen LogP contribution in [0.5, 0.6) is 23.0 Å². The summed E-state index contributed by atoms with van der Waals surface area (Å²) in [6, 6.07) is 63.1. The van der Waals surface area contributed by atoms with Gasteiger partial charge in [-0.15, -0.1) is 0 Å². The van der Waals surface area contributed by atoms with Crippen LogP contribution in [0.4, 0.5) is 0 Å². The fraction of sp³-hybridized carbons (Fsp3) is 0.0588. The minimum Gasteiger partial charge on any atom is -0.457 e. The van der Waals surface area contributed by atoms with Gasteiger partial charge in [-0.1, -0.05) is 120 Å². The molecule has 8 rings (SSSR count). The average molecular weight is 813 g/mol. The summed E-state index contributed by atoms with van der Waals surface area (Å²) in [4.78, 5) is 0.874. The monoisotopic (exact) mass is 812 g/mol. The largest absolute Gasteiger partial charge is 0.457 e. The van der Waals surface area contributed by atoms with Gasteiger partial charge in [-0.25, -0.2) is 16.8 Å². The van der Waals surface area contributed by atoms with E-state index in [2.05, 4.69) is 48.5 Å². The van der Waals surface area contributed by atoms with Crippen LogP contribution >= 0.6 is 0 Å². The van der Waals surface area contributed by atoms with Crippen molar-refractivity contribution in [3.8, 4) is 23.0 Å². The van der Waals surface area contributed by atoms with Gasteiger partial charge in [0.15, 0.2) is 0 Å². The molecule has 0 aliphatic rings. The minimum absolute atomic E-state index is 0.193. The van der Waals surface area contributed by atoms with Crippen molar-refractivity contribution in [2.24, 2.45) is 0 Å². The molecule has 8 aromatic rings. The number of rotatable bonds is 12. The molecule has 0 N–H and O–H groups in total. The summed E-state index contributed by atoms with van der Waals surface area (Å²) >= 11 is 0. The molecule has 0 fully saturated rings. The van der Waals surface area contributed by atoms with Gasteiger partial charge >= 0.3 is 0 Å². The number of sulfone groups is 2. The molecule has 8 heteroatoms. The van der Waals surface area contributed by atoms with Gasteiger partial charge in [-0.3, -0.25) is 0 Å². The maximum absolute atomic E-state index is 13.2. The Labute approximate surface area is 345 Å². The average Bonchev–Trinajstić information content (AvgIpc) is 3.26. The molecule has 6 nitrogen and oxygen atoms in total. The molecule has 292 valence electrons. The fourth-order valence-electron chi connectivity index (χ4n) is 7.28. The molecule has 0 aliphatic carbocycles. The first-order valence-corrected chi connectivity index (χ1v) is 22.0. The highest BCUT2D eigenvalue weighted by Crippen LogP contribution is 2.46. The lowest BCUT2D eigenvalue weighted by Gasteiger charge is -2.37. The molecule has 0 saturated heterocycles. The van der Waals surface area contributed by atoms with Crippen molar-refractivity contribution < 1.29 is 26.3 Å². The Morgan fingerprint density at radius 2 is 0.542 bits per heavy atom. The highest BCUT2D eigenvalue weighted by molar-refractivity contribution is 7.91. The summed E-state index contributed by atoms with van der Waals surface area (Å²) in [6.07, 6.45) is 0. The summed E-state index contributed by atoms with van der Waals surface area (Å²) in [7, 11) is -7.33. The van der Waals surface area contributed by atoms with E-state index in [4.69, 9.17) is 9.47 Å². The third-order valence-electron chi connectivity index (χ3n) is 10.4. The van der Waals surface area contributed by atoms with E-state index in [-0.39, 0.29) is 19.6 Å². The molecule has 0 saturated carbocycles. The molecule has 8 aromatic carbocycles. The molecule has 0 heterocycles. The SMILES string of the molecule is Cc1ccc(S(=O)(=O)c2ccc(Oc3ccc(C(c4ccccc4)(c4ccccc4)c4ccc(Oc5ccc(S(=O)(=O)c6ccc(C)cc6)cc5)cc4)cc3)cc2)cc1. The number of hydrogen-bond acceptors (Lipinski definition) is 6. The molecule has 59 heavy (non-hydrogen) atoms. The van der Waals surface area contributed by atoms with E-state index in [1.807, 2.05) is 74.5 Å². The zero-order chi connectivity index (χ0) is 41.0. The maximum atomic E-state index is 13.2. The number of ether oxygens (including phenoxy) is 2. The predicted molar refractivity (Wildman–Crippen MR) is 231 cm³/mol. The molecule has 0 radical (unpaired) electrons. The highest BCUT2D eigenvalue weighted by atomic mass is 32.2. The second-order valence-electron chi connectivity index (χ2n) is 14.3. The third-order valence-corrected chi connectivity index (χ3v) is 14.0. The van der Waals surface area contributed by atoms with Crippen LogP contribution in [-0.4, -0.2) is 16.8 Å². The van der Waals surface area contributed by atoms with E-state index in [0.29, 0.717) is 23.0 Å². The zero-order valence-electron chi connectivity index (χ0n) is 32.4. The summed E-state index contributed by atoms with van der Waals surface area (Å²) in [6.45, 7) is 3.84. The third kappa shape index (κ3) is 7.93. The van der Waals surface area contributed by atoms with Gasteiger partial charge in [-0.2, -0.15) is 0 Å². The van der Waals surface area contributed by atoms with Crippen molar-refractivity contribution in [1.29, 1.82) is 0 Å². The van der Waals surface area contributed by atoms with Crippen molar-refractivity contribution in [3.05, 3.63) is 240 Å². The first-order chi connectivity index (χ1) is 28.5. The molecule has 0 atom stereocenters. The molecular weight excluding hydrogens is 773 g/mol. The normalized spacial score (nSPS) is 11.8. The van der Waals surface area contributed by atoms with E-state index < -0.39 is 25.1 Å². The van der Waals surface area contributed by atoms with Gasteiger partial charge in [0.05, 0.1) is 25.0 Å². The fourth-order valence-corrected chi connectivity index (χ4v) is 9.80. The van der Waals surface area contributed by atoms with Crippen LogP contribution in [0, 0.1) is 13.8 Å². The van der Waals surface area contributed by atoms with Crippen LogP contribution in [-0.2, 0) is 25.1 Å². The standard InChI is InChI=1S/C51H40O6S2/c1-37-13-29-47(30-14-37)58(52,53)49-33-25-45(26-34-49)56-43-21-17-41(18-22-43)51(39-9-5-3-6-10-39,40-11-7-4-8-12-40)42-19-23-44(24-20-42)57-46-27-35-50(36-28-46)59(54,55)48-31-15-38(2)16-32-48/h3-36H,1-2H3. The summed E-state index contributed by atoms with van der Waals surface area (Å²) < 4.78 is 65.4. The number of hydrogen-bond donors (Lipinski definition) is 0. The van der Waals surface area contributed by atoms with E-state index in [1.165, 1.54) is 0 Å². The van der Waals surface area contributed by atoms with Crippen LogP contribution < -0.4 is 9.47 Å². The van der Waals surface area contributed by atoms with E-state index in [0.717, 1.165) is 33.4 Å². The molecule has 0 amide bonds. The Morgan fingerprint density at radius 1 is 0.305 bits per heavy atom. The lowest BCUT2D eigenvalue weighted by Crippen LogP contribution is -2.30. The van der Waals surface area contributed by atoms with Gasteiger partial charge in [0.25, 0.3) is 0 Å². The number of aryl methyl sites for hydroxylation is 2. The van der Waals surface area contributed by atoms with Crippen molar-refractivity contribution in [2.75, 3.05) is 0 Å². The van der Waals surface area contributed by atoms with Crippen LogP contribution in [0.1, 0.15) is 33.4 Å². The first-order valence-electron chi connectivity index (χ1n) is 19.0. The van der Waals surface area contributed by atoms with Crippen molar-refractivity contribution in [1.82, 2.24) is 0 Å². The Morgan fingerprint density at radius 3 is 0.831 bits per heavy atom. The summed E-state index contributed by atoms with van der Waals surface area (Å²) in [5.41, 5.74) is 5.36. The molecule has 0 unspecified atom stereocenters. The van der Waals surface area contributed by atoms with Gasteiger partial charge in [0, 0.05) is 0 Å². The van der Waals surface area contributed by atoms with Crippen LogP contribution in [0.2, 0.25) is 0 Å². The maximum Gasteiger partial charge on any atom is 0.206 e. The summed E-state index contributed by atoms with van der Waals surface area (Å²) in [5.74, 6) is 2.21. The highest BCUT2D eigenvalue weighted by Gasteiger charge is 2.38. The predicted octanol–water partition coefficient (Wildman–Crippen LogP) is 11.9. The second-order valence-corrected chi connectivity index (χ2v) is 18.2. The Bertz CT molecular complexity index is 2690. The van der Waals surface area contributed by atoms with E-state index in [1.54, 1.807) is 97.1 Å². The van der Waals surface area contributed by atoms with Crippen molar-refractivity contribution in [2.45, 2.75) is 38.8 Å². The smallest absolute Gasteiger partial charge is 0.206 e. The molecule has 0 spiro atoms. The van der Waals surface area contributed by atoms with Crippen LogP contribution in [0.25, 0.3) is 0 Å². The Kier molecular flexibility index (Phi) is 10.8. The topological polar surface area (TPSA) is 86.7 Å². The summed E-state index contributed by atoms with van der Waals surface area (Å²) in [5, 5.41) is 0. The van der Waals surface area contributed by atoms with Gasteiger partial charge in [0.2, 0.25) is 19.7 Å². The molecule has 0 aliphatic heterocycles. The quantitative estimate of drug-likeness (QED) is 0.114. The molecule has 0 aromatic heterocycles. The number of benzene rings is 8. The lowest BCUT2D eigenvalue weighted by molar-refractivity contribution is 0.481. The van der Waals surface area contributed by atoms with Crippen molar-refractivity contribution >= 4 is 19.7 Å². The van der Waals surface area contributed by atoms with Gasteiger partial charge < -0.3 is 9.47 Å². The van der Waals surface area contributed by atoms with E-state index >= 15 is 0 Å². The van der Waals surface area contributed by atoms with Crippen LogP contribution in [0.15, 0.2) is 226 Å². The van der Waals surface area contributed by atoms with Gasteiger partial charge in [0.1, 0.15) is 23.0 Å². The molecule has 0 bridgehead atoms. The van der Waals surface area contributed by atoms with Crippen molar-refractivity contribution in [3.63, 3.8) is 0 Å². The Hall–Kier alpha value is -6.74. The van der Waals surface area contributed by atoms with Gasteiger partial charge in [-0.05, 0) is 133 Å². The van der Waals surface area contributed by atoms with E-state index in [9.17, 15) is 16.8 Å². The Balaban J connectivity index is 1.08. The lowest BCUT2D eigenvalue weighted by atomic mass is 9.65. The zero-order valence-corrected chi connectivity index (χ0v) is 34.0.